The Bertz CT molecular complexity index is 83.9. The van der Waals surface area contributed by atoms with Crippen LogP contribution in [0.5, 0.6) is 0 Å². The predicted molar refractivity (Wildman–Crippen MR) is 34.7 cm³/mol. The van der Waals surface area contributed by atoms with Crippen LogP contribution < -0.4 is 0 Å². The number of hydrogen-bond donors (Lipinski definition) is 1. The maximum absolute atomic E-state index is 9.96. The molecule has 1 amide bonds. The Labute approximate surface area is 59.8 Å². The van der Waals surface area contributed by atoms with Crippen molar-refractivity contribution >= 4 is 18.5 Å². The number of carboxylic acid groups (broad SMARTS) is 1. The predicted octanol–water partition coefficient (Wildman–Crippen LogP) is 0.970. The molecule has 0 spiro atoms. The minimum atomic E-state index is -1.06. The summed E-state index contributed by atoms with van der Waals surface area (Å²) >= 11 is 0. The van der Waals surface area contributed by atoms with E-state index in [9.17, 15) is 4.79 Å². The molecule has 4 nitrogen and oxygen atoms in total. The van der Waals surface area contributed by atoms with Gasteiger partial charge in [0.2, 0.25) is 0 Å². The van der Waals surface area contributed by atoms with Crippen LogP contribution in [0.25, 0.3) is 0 Å². The Hall–Kier alpha value is -0.480. The van der Waals surface area contributed by atoms with Crippen molar-refractivity contribution in [2.24, 2.45) is 0 Å². The van der Waals surface area contributed by atoms with Crippen LogP contribution in [0.15, 0.2) is 0 Å². The van der Waals surface area contributed by atoms with Crippen molar-refractivity contribution in [3.05, 3.63) is 0 Å². The first kappa shape index (κ1) is 11.3. The molecule has 0 aliphatic rings. The molecule has 0 heterocycles. The highest BCUT2D eigenvalue weighted by atomic mass is 35.5. The summed E-state index contributed by atoms with van der Waals surface area (Å²) in [6, 6.07) is 0. The second-order valence-electron chi connectivity index (χ2n) is 1.16. The molecule has 56 valence electrons. The van der Waals surface area contributed by atoms with Crippen molar-refractivity contribution in [3.63, 3.8) is 0 Å². The van der Waals surface area contributed by atoms with E-state index in [0.717, 1.165) is 5.06 Å². The average Bonchev–Trinajstić information content (AvgIpc) is 1.69. The van der Waals surface area contributed by atoms with Gasteiger partial charge in [-0.3, -0.25) is 4.84 Å². The molecule has 0 rings (SSSR count). The SMILES string of the molecule is CCN(OC)C(=O)O.Cl. The zero-order chi connectivity index (χ0) is 6.57. The molecule has 0 saturated carbocycles. The smallest absolute Gasteiger partial charge is 0.431 e. The maximum atomic E-state index is 9.96. The topological polar surface area (TPSA) is 49.8 Å². The highest BCUT2D eigenvalue weighted by Gasteiger charge is 2.04. The zero-order valence-electron chi connectivity index (χ0n) is 5.33. The van der Waals surface area contributed by atoms with Gasteiger partial charge in [0.15, 0.2) is 0 Å². The van der Waals surface area contributed by atoms with Crippen LogP contribution in [0.4, 0.5) is 4.79 Å². The van der Waals surface area contributed by atoms with Gasteiger partial charge in [0, 0.05) is 6.54 Å². The molecule has 5 heteroatoms. The van der Waals surface area contributed by atoms with Crippen molar-refractivity contribution in [1.29, 1.82) is 0 Å². The Morgan fingerprint density at radius 1 is 1.78 bits per heavy atom. The van der Waals surface area contributed by atoms with E-state index in [1.807, 2.05) is 0 Å². The number of carbonyl (C=O) groups is 1. The van der Waals surface area contributed by atoms with E-state index in [-0.39, 0.29) is 12.4 Å². The number of amides is 1. The Balaban J connectivity index is 0. The highest BCUT2D eigenvalue weighted by Crippen LogP contribution is 1.85. The van der Waals surface area contributed by atoms with Gasteiger partial charge in [0.05, 0.1) is 7.11 Å². The minimum absolute atomic E-state index is 0. The first-order valence-corrected chi connectivity index (χ1v) is 2.27. The number of rotatable bonds is 2. The van der Waals surface area contributed by atoms with Gasteiger partial charge in [-0.25, -0.2) is 4.79 Å². The van der Waals surface area contributed by atoms with E-state index in [2.05, 4.69) is 4.84 Å². The van der Waals surface area contributed by atoms with Gasteiger partial charge in [0.25, 0.3) is 0 Å². The molecule has 0 fully saturated rings. The number of hydrogen-bond acceptors (Lipinski definition) is 2. The molecule has 0 aromatic rings. The molecule has 0 bridgehead atoms. The Morgan fingerprint density at radius 3 is 2.22 bits per heavy atom. The summed E-state index contributed by atoms with van der Waals surface area (Å²) in [5.74, 6) is 0. The Kier molecular flexibility index (Phi) is 7.12. The monoisotopic (exact) mass is 155 g/mol. The van der Waals surface area contributed by atoms with Gasteiger partial charge in [-0.2, -0.15) is 5.06 Å². The second-order valence-corrected chi connectivity index (χ2v) is 1.16. The number of halogens is 1. The molecule has 0 unspecified atom stereocenters. The molecule has 0 radical (unpaired) electrons. The summed E-state index contributed by atoms with van der Waals surface area (Å²) in [6.07, 6.45) is -1.06. The first-order chi connectivity index (χ1) is 3.72. The fourth-order valence-electron chi connectivity index (χ4n) is 0.342. The molecule has 0 aromatic heterocycles. The average molecular weight is 156 g/mol. The van der Waals surface area contributed by atoms with Crippen LogP contribution >= 0.6 is 12.4 Å². The number of hydroxylamine groups is 2. The lowest BCUT2D eigenvalue weighted by Crippen LogP contribution is -2.27. The number of nitrogens with zero attached hydrogens (tertiary/aromatic N) is 1. The molecular weight excluding hydrogens is 146 g/mol. The highest BCUT2D eigenvalue weighted by molar-refractivity contribution is 5.85. The normalized spacial score (nSPS) is 7.78. The van der Waals surface area contributed by atoms with Gasteiger partial charge in [-0.1, -0.05) is 0 Å². The lowest BCUT2D eigenvalue weighted by atomic mass is 10.7. The summed E-state index contributed by atoms with van der Waals surface area (Å²) < 4.78 is 0. The molecule has 0 aliphatic heterocycles. The summed E-state index contributed by atoms with van der Waals surface area (Å²) in [7, 11) is 1.32. The fraction of sp³-hybridized carbons (Fsp3) is 0.750. The molecule has 9 heavy (non-hydrogen) atoms. The summed E-state index contributed by atoms with van der Waals surface area (Å²) in [5.41, 5.74) is 0. The van der Waals surface area contributed by atoms with Crippen molar-refractivity contribution in [1.82, 2.24) is 5.06 Å². The quantitative estimate of drug-likeness (QED) is 0.605. The molecule has 0 aromatic carbocycles. The zero-order valence-corrected chi connectivity index (χ0v) is 6.14. The van der Waals surface area contributed by atoms with Crippen LogP contribution in [0.3, 0.4) is 0 Å². The third-order valence-electron chi connectivity index (χ3n) is 0.721. The molecule has 0 aliphatic carbocycles. The van der Waals surface area contributed by atoms with Crippen molar-refractivity contribution in [2.75, 3.05) is 13.7 Å². The van der Waals surface area contributed by atoms with E-state index in [1.54, 1.807) is 6.92 Å². The van der Waals surface area contributed by atoms with Gasteiger partial charge in [-0.15, -0.1) is 12.4 Å². The maximum Gasteiger partial charge on any atom is 0.431 e. The molecule has 0 atom stereocenters. The molecule has 1 N–H and O–H groups in total. The van der Waals surface area contributed by atoms with Crippen LogP contribution in [0.1, 0.15) is 6.92 Å². The van der Waals surface area contributed by atoms with E-state index < -0.39 is 6.09 Å². The minimum Gasteiger partial charge on any atom is -0.463 e. The van der Waals surface area contributed by atoms with Crippen LogP contribution in [0, 0.1) is 0 Å². The molecule has 0 saturated heterocycles. The largest absolute Gasteiger partial charge is 0.463 e. The third-order valence-corrected chi connectivity index (χ3v) is 0.721. The second kappa shape index (κ2) is 5.65. The van der Waals surface area contributed by atoms with Gasteiger partial charge in [-0.05, 0) is 6.92 Å². The van der Waals surface area contributed by atoms with Gasteiger partial charge < -0.3 is 5.11 Å². The standard InChI is InChI=1S/C4H9NO3.ClH/c1-3-5(8-2)4(6)7;/h3H2,1-2H3,(H,6,7);1H. The van der Waals surface area contributed by atoms with Crippen molar-refractivity contribution < 1.29 is 14.7 Å². The van der Waals surface area contributed by atoms with E-state index in [1.165, 1.54) is 7.11 Å². The third kappa shape index (κ3) is 4.05. The Morgan fingerprint density at radius 2 is 2.22 bits per heavy atom. The summed E-state index contributed by atoms with van der Waals surface area (Å²) in [6.45, 7) is 2.05. The summed E-state index contributed by atoms with van der Waals surface area (Å²) in [5, 5.41) is 9.01. The first-order valence-electron chi connectivity index (χ1n) is 2.27. The lowest BCUT2D eigenvalue weighted by Gasteiger charge is -2.11. The fourth-order valence-corrected chi connectivity index (χ4v) is 0.342. The van der Waals surface area contributed by atoms with Gasteiger partial charge >= 0.3 is 6.09 Å². The van der Waals surface area contributed by atoms with Crippen LogP contribution in [-0.4, -0.2) is 29.9 Å². The van der Waals surface area contributed by atoms with Crippen molar-refractivity contribution in [2.45, 2.75) is 6.92 Å². The molecular formula is C4H10ClNO3. The summed E-state index contributed by atoms with van der Waals surface area (Å²) in [4.78, 5) is 14.4. The van der Waals surface area contributed by atoms with Crippen LogP contribution in [-0.2, 0) is 4.84 Å². The van der Waals surface area contributed by atoms with E-state index >= 15 is 0 Å². The van der Waals surface area contributed by atoms with Gasteiger partial charge in [0.1, 0.15) is 0 Å². The van der Waals surface area contributed by atoms with E-state index in [0.29, 0.717) is 6.54 Å². The van der Waals surface area contributed by atoms with Crippen molar-refractivity contribution in [3.8, 4) is 0 Å². The van der Waals surface area contributed by atoms with E-state index in [4.69, 9.17) is 5.11 Å². The van der Waals surface area contributed by atoms with Crippen LogP contribution in [0.2, 0.25) is 0 Å². The lowest BCUT2D eigenvalue weighted by molar-refractivity contribution is -0.0985.